The molecule has 3 rings (SSSR count). The monoisotopic (exact) mass is 515 g/mol. The van der Waals surface area contributed by atoms with Gasteiger partial charge in [0.15, 0.2) is 6.29 Å². The maximum absolute atomic E-state index is 12.8. The molecular weight excluding hydrogens is 482 g/mol. The molecule has 32 heavy (non-hydrogen) atoms. The van der Waals surface area contributed by atoms with Crippen LogP contribution < -0.4 is 5.32 Å². The second kappa shape index (κ2) is 11.0. The summed E-state index contributed by atoms with van der Waals surface area (Å²) in [5.41, 5.74) is -0.107. The Bertz CT molecular complexity index is 790. The average Bonchev–Trinajstić information content (AvgIpc) is 3.28. The predicted octanol–water partition coefficient (Wildman–Crippen LogP) is 2.40. The van der Waals surface area contributed by atoms with Crippen molar-refractivity contribution in [1.29, 1.82) is 0 Å². The molecule has 1 aromatic rings. The van der Waals surface area contributed by atoms with Gasteiger partial charge in [0.2, 0.25) is 0 Å². The van der Waals surface area contributed by atoms with Gasteiger partial charge in [-0.15, -0.1) is 0 Å². The van der Waals surface area contributed by atoms with Gasteiger partial charge in [0.1, 0.15) is 16.0 Å². The maximum Gasteiger partial charge on any atom is 0.410 e. The molecule has 11 heteroatoms. The molecule has 0 unspecified atom stereocenters. The van der Waals surface area contributed by atoms with Crippen molar-refractivity contribution >= 4 is 34.1 Å². The SMILES string of the molecule is COC[C@H]1C[C@H](n2nc(Br)c(C=O)c2NCCN2CCOCC2)CN1C(=O)OC(C)(C)C. The quantitative estimate of drug-likeness (QED) is 0.527. The third kappa shape index (κ3) is 6.21. The van der Waals surface area contributed by atoms with Gasteiger partial charge in [-0.1, -0.05) is 0 Å². The first-order valence-corrected chi connectivity index (χ1v) is 11.8. The fraction of sp³-hybridized carbons (Fsp3) is 0.762. The van der Waals surface area contributed by atoms with Crippen LogP contribution in [0.4, 0.5) is 10.6 Å². The van der Waals surface area contributed by atoms with Crippen molar-refractivity contribution in [2.75, 3.05) is 65.0 Å². The van der Waals surface area contributed by atoms with E-state index in [1.54, 1.807) is 12.0 Å². The van der Waals surface area contributed by atoms with Gasteiger partial charge in [0.05, 0.1) is 37.5 Å². The Morgan fingerprint density at radius 1 is 1.34 bits per heavy atom. The number of carbonyl (C=O) groups is 2. The van der Waals surface area contributed by atoms with Gasteiger partial charge in [-0.3, -0.25) is 9.69 Å². The highest BCUT2D eigenvalue weighted by Crippen LogP contribution is 2.34. The van der Waals surface area contributed by atoms with E-state index in [0.29, 0.717) is 42.1 Å². The lowest BCUT2D eigenvalue weighted by atomic mass is 10.2. The van der Waals surface area contributed by atoms with Crippen molar-refractivity contribution in [2.24, 2.45) is 0 Å². The first-order valence-electron chi connectivity index (χ1n) is 11.0. The number of aromatic nitrogens is 2. The number of aldehydes is 1. The molecule has 0 bridgehead atoms. The van der Waals surface area contributed by atoms with E-state index >= 15 is 0 Å². The molecule has 0 spiro atoms. The van der Waals surface area contributed by atoms with E-state index in [4.69, 9.17) is 14.2 Å². The fourth-order valence-electron chi connectivity index (χ4n) is 4.09. The summed E-state index contributed by atoms with van der Waals surface area (Å²) in [6, 6.07) is -0.248. The van der Waals surface area contributed by atoms with Gasteiger partial charge in [-0.25, -0.2) is 9.48 Å². The molecule has 2 saturated heterocycles. The van der Waals surface area contributed by atoms with Crippen LogP contribution in [0.3, 0.4) is 0 Å². The average molecular weight is 516 g/mol. The molecule has 1 N–H and O–H groups in total. The highest BCUT2D eigenvalue weighted by atomic mass is 79.9. The smallest absolute Gasteiger partial charge is 0.410 e. The number of rotatable bonds is 8. The summed E-state index contributed by atoms with van der Waals surface area (Å²) in [6.45, 7) is 11.2. The van der Waals surface area contributed by atoms with Crippen LogP contribution in [0.2, 0.25) is 0 Å². The maximum atomic E-state index is 12.8. The van der Waals surface area contributed by atoms with Crippen molar-refractivity contribution in [3.63, 3.8) is 0 Å². The zero-order valence-electron chi connectivity index (χ0n) is 19.3. The predicted molar refractivity (Wildman–Crippen MR) is 123 cm³/mol. The van der Waals surface area contributed by atoms with Crippen molar-refractivity contribution < 1.29 is 23.8 Å². The van der Waals surface area contributed by atoms with Crippen LogP contribution in [0.1, 0.15) is 43.6 Å². The minimum absolute atomic E-state index is 0.112. The van der Waals surface area contributed by atoms with Crippen LogP contribution >= 0.6 is 15.9 Å². The van der Waals surface area contributed by atoms with Crippen LogP contribution in [-0.4, -0.2) is 103 Å². The number of carbonyl (C=O) groups excluding carboxylic acids is 2. The van der Waals surface area contributed by atoms with E-state index in [1.807, 2.05) is 25.5 Å². The van der Waals surface area contributed by atoms with Crippen molar-refractivity contribution in [1.82, 2.24) is 19.6 Å². The first kappa shape index (κ1) is 24.9. The Hall–Kier alpha value is -1.69. The number of hydrogen-bond acceptors (Lipinski definition) is 8. The van der Waals surface area contributed by atoms with Crippen LogP contribution in [0.25, 0.3) is 0 Å². The number of anilines is 1. The number of methoxy groups -OCH3 is 1. The Morgan fingerprint density at radius 3 is 2.69 bits per heavy atom. The lowest BCUT2D eigenvalue weighted by molar-refractivity contribution is 0.0145. The molecule has 2 fully saturated rings. The molecule has 0 saturated carbocycles. The third-order valence-corrected chi connectivity index (χ3v) is 6.16. The molecule has 3 heterocycles. The fourth-order valence-corrected chi connectivity index (χ4v) is 4.54. The van der Waals surface area contributed by atoms with Gasteiger partial charge in [0, 0.05) is 39.8 Å². The van der Waals surface area contributed by atoms with E-state index in [-0.39, 0.29) is 18.2 Å². The molecule has 0 radical (unpaired) electrons. The molecule has 0 aromatic carbocycles. The van der Waals surface area contributed by atoms with E-state index in [9.17, 15) is 9.59 Å². The second-order valence-electron chi connectivity index (χ2n) is 9.13. The van der Waals surface area contributed by atoms with E-state index in [1.165, 1.54) is 0 Å². The Kier molecular flexibility index (Phi) is 8.54. The van der Waals surface area contributed by atoms with Crippen LogP contribution in [0, 0.1) is 0 Å². The van der Waals surface area contributed by atoms with Gasteiger partial charge in [0.25, 0.3) is 0 Å². The van der Waals surface area contributed by atoms with Crippen LogP contribution in [0.5, 0.6) is 0 Å². The van der Waals surface area contributed by atoms with Crippen LogP contribution in [0.15, 0.2) is 4.60 Å². The van der Waals surface area contributed by atoms with Crippen molar-refractivity contribution in [3.8, 4) is 0 Å². The Labute approximate surface area is 197 Å². The van der Waals surface area contributed by atoms with Crippen LogP contribution in [-0.2, 0) is 14.2 Å². The number of ether oxygens (including phenoxy) is 3. The highest BCUT2D eigenvalue weighted by molar-refractivity contribution is 9.10. The first-order chi connectivity index (χ1) is 15.2. The van der Waals surface area contributed by atoms with Crippen molar-refractivity contribution in [2.45, 2.75) is 44.9 Å². The topological polar surface area (TPSA) is 98.2 Å². The zero-order valence-corrected chi connectivity index (χ0v) is 20.9. The number of hydrogen-bond donors (Lipinski definition) is 1. The Morgan fingerprint density at radius 2 is 2.06 bits per heavy atom. The van der Waals surface area contributed by atoms with E-state index in [0.717, 1.165) is 39.1 Å². The molecule has 180 valence electrons. The van der Waals surface area contributed by atoms with E-state index in [2.05, 4.69) is 31.2 Å². The minimum Gasteiger partial charge on any atom is -0.444 e. The van der Waals surface area contributed by atoms with E-state index < -0.39 is 5.60 Å². The number of likely N-dealkylation sites (tertiary alicyclic amines) is 1. The third-order valence-electron chi connectivity index (χ3n) is 5.57. The number of amides is 1. The summed E-state index contributed by atoms with van der Waals surface area (Å²) in [5, 5.41) is 7.98. The molecule has 1 amide bonds. The lowest BCUT2D eigenvalue weighted by Gasteiger charge is -2.28. The van der Waals surface area contributed by atoms with Gasteiger partial charge in [-0.2, -0.15) is 5.10 Å². The highest BCUT2D eigenvalue weighted by Gasteiger charge is 2.40. The van der Waals surface area contributed by atoms with Gasteiger partial charge in [-0.05, 0) is 43.1 Å². The number of morpholine rings is 1. The summed E-state index contributed by atoms with van der Waals surface area (Å²) in [7, 11) is 1.62. The molecule has 0 aliphatic carbocycles. The molecule has 2 atom stereocenters. The molecular formula is C21H34BrN5O5. The Balaban J connectivity index is 1.75. The summed E-state index contributed by atoms with van der Waals surface area (Å²) >= 11 is 3.41. The standard InChI is InChI=1S/C21H34BrN5O5/c1-21(2,3)32-20(29)26-12-15(11-16(26)14-30-4)27-19(17(13-28)18(22)24-27)23-5-6-25-7-9-31-10-8-25/h13,15-16,23H,5-12,14H2,1-4H3/t15-,16+/m0/s1. The summed E-state index contributed by atoms with van der Waals surface area (Å²) in [6.07, 6.45) is 1.08. The number of nitrogens with zero attached hydrogens (tertiary/aromatic N) is 4. The number of nitrogens with one attached hydrogen (secondary N) is 1. The minimum atomic E-state index is -0.585. The summed E-state index contributed by atoms with van der Waals surface area (Å²) < 4.78 is 18.7. The zero-order chi connectivity index (χ0) is 23.3. The largest absolute Gasteiger partial charge is 0.444 e. The molecule has 2 aliphatic rings. The molecule has 1 aromatic heterocycles. The molecule has 2 aliphatic heterocycles. The summed E-state index contributed by atoms with van der Waals surface area (Å²) in [5.74, 6) is 0.660. The second-order valence-corrected chi connectivity index (χ2v) is 9.88. The number of halogens is 1. The van der Waals surface area contributed by atoms with Gasteiger partial charge >= 0.3 is 6.09 Å². The van der Waals surface area contributed by atoms with Gasteiger partial charge < -0.3 is 24.4 Å². The molecule has 10 nitrogen and oxygen atoms in total. The normalized spacial score (nSPS) is 22.2. The van der Waals surface area contributed by atoms with Crippen molar-refractivity contribution in [3.05, 3.63) is 10.2 Å². The summed E-state index contributed by atoms with van der Waals surface area (Å²) in [4.78, 5) is 28.6. The lowest BCUT2D eigenvalue weighted by Crippen LogP contribution is -2.41.